The van der Waals surface area contributed by atoms with Crippen LogP contribution in [0.5, 0.6) is 0 Å². The number of carbonyl (C=O) groups is 1. The zero-order valence-corrected chi connectivity index (χ0v) is 14.6. The lowest BCUT2D eigenvalue weighted by Gasteiger charge is -2.37. The number of hydrogen-bond acceptors (Lipinski definition) is 4. The number of piperidine rings is 1. The summed E-state index contributed by atoms with van der Waals surface area (Å²) in [4.78, 5) is 18.9. The monoisotopic (exact) mass is 331 g/mol. The standard InChI is InChI=1S/C19H29N3O2/c1-15-12-22(13-16-6-4-5-10-20-16)11-9-18(15)21-19(23)14-24-17-7-2-3-8-17/h4-6,10,15,17-18H,2-3,7-9,11-14H2,1H3,(H,21,23)/t15-,18+/m0/s1. The van der Waals surface area contributed by atoms with E-state index < -0.39 is 0 Å². The van der Waals surface area contributed by atoms with Gasteiger partial charge in [-0.3, -0.25) is 14.7 Å². The first kappa shape index (κ1) is 17.4. The third-order valence-electron chi connectivity index (χ3n) is 5.20. The molecular formula is C19H29N3O2. The second-order valence-corrected chi connectivity index (χ2v) is 7.21. The molecule has 1 aromatic heterocycles. The van der Waals surface area contributed by atoms with Crippen molar-refractivity contribution in [3.63, 3.8) is 0 Å². The molecule has 0 radical (unpaired) electrons. The Labute approximate surface area is 144 Å². The van der Waals surface area contributed by atoms with Gasteiger partial charge in [-0.25, -0.2) is 0 Å². The molecule has 2 aliphatic rings. The van der Waals surface area contributed by atoms with Crippen molar-refractivity contribution in [2.45, 2.75) is 57.7 Å². The fourth-order valence-electron chi connectivity index (χ4n) is 3.81. The lowest BCUT2D eigenvalue weighted by molar-refractivity contribution is -0.129. The Morgan fingerprint density at radius 1 is 1.33 bits per heavy atom. The van der Waals surface area contributed by atoms with E-state index in [4.69, 9.17) is 4.74 Å². The molecule has 24 heavy (non-hydrogen) atoms. The molecule has 2 atom stereocenters. The fraction of sp³-hybridized carbons (Fsp3) is 0.684. The summed E-state index contributed by atoms with van der Waals surface area (Å²) in [6, 6.07) is 6.30. The summed E-state index contributed by atoms with van der Waals surface area (Å²) >= 11 is 0. The summed E-state index contributed by atoms with van der Waals surface area (Å²) in [7, 11) is 0. The highest BCUT2D eigenvalue weighted by Gasteiger charge is 2.27. The van der Waals surface area contributed by atoms with Gasteiger partial charge in [0, 0.05) is 31.9 Å². The first-order valence-corrected chi connectivity index (χ1v) is 9.24. The molecule has 1 aromatic rings. The first-order chi connectivity index (χ1) is 11.7. The smallest absolute Gasteiger partial charge is 0.246 e. The number of likely N-dealkylation sites (tertiary alicyclic amines) is 1. The average Bonchev–Trinajstić information content (AvgIpc) is 3.10. The van der Waals surface area contributed by atoms with Gasteiger partial charge in [0.1, 0.15) is 6.61 Å². The van der Waals surface area contributed by atoms with Gasteiger partial charge in [-0.2, -0.15) is 0 Å². The van der Waals surface area contributed by atoms with Crippen LogP contribution in [0.3, 0.4) is 0 Å². The van der Waals surface area contributed by atoms with Crippen LogP contribution in [-0.2, 0) is 16.1 Å². The van der Waals surface area contributed by atoms with Gasteiger partial charge in [0.15, 0.2) is 0 Å². The summed E-state index contributed by atoms with van der Waals surface area (Å²) in [5.41, 5.74) is 1.11. The van der Waals surface area contributed by atoms with E-state index in [1.54, 1.807) is 0 Å². The van der Waals surface area contributed by atoms with Crippen LogP contribution in [0.2, 0.25) is 0 Å². The molecule has 1 saturated carbocycles. The molecule has 5 nitrogen and oxygen atoms in total. The number of nitrogens with one attached hydrogen (secondary N) is 1. The maximum absolute atomic E-state index is 12.1. The van der Waals surface area contributed by atoms with Gasteiger partial charge in [0.2, 0.25) is 5.91 Å². The lowest BCUT2D eigenvalue weighted by Crippen LogP contribution is -2.50. The van der Waals surface area contributed by atoms with Crippen LogP contribution in [0.4, 0.5) is 0 Å². The van der Waals surface area contributed by atoms with E-state index in [0.29, 0.717) is 12.0 Å². The number of amides is 1. The summed E-state index contributed by atoms with van der Waals surface area (Å²) in [6.07, 6.45) is 7.81. The van der Waals surface area contributed by atoms with E-state index in [1.807, 2.05) is 18.3 Å². The molecule has 5 heteroatoms. The molecule has 0 unspecified atom stereocenters. The van der Waals surface area contributed by atoms with Crippen molar-refractivity contribution in [2.24, 2.45) is 5.92 Å². The van der Waals surface area contributed by atoms with Gasteiger partial charge in [0.05, 0.1) is 11.8 Å². The topological polar surface area (TPSA) is 54.5 Å². The Morgan fingerprint density at radius 3 is 2.88 bits per heavy atom. The number of rotatable bonds is 6. The molecule has 3 rings (SSSR count). The SMILES string of the molecule is C[C@H]1CN(Cc2ccccn2)CC[C@H]1NC(=O)COC1CCCC1. The molecule has 1 amide bonds. The zero-order chi connectivity index (χ0) is 16.8. The predicted octanol–water partition coefficient (Wildman–Crippen LogP) is 2.37. The van der Waals surface area contributed by atoms with E-state index >= 15 is 0 Å². The van der Waals surface area contributed by atoms with Crippen molar-refractivity contribution in [1.29, 1.82) is 0 Å². The highest BCUT2D eigenvalue weighted by molar-refractivity contribution is 5.77. The normalized spacial score (nSPS) is 25.7. The van der Waals surface area contributed by atoms with E-state index in [1.165, 1.54) is 12.8 Å². The summed E-state index contributed by atoms with van der Waals surface area (Å²) in [6.45, 7) is 5.30. The molecule has 0 aromatic carbocycles. The minimum absolute atomic E-state index is 0.0388. The Kier molecular flexibility index (Phi) is 6.21. The van der Waals surface area contributed by atoms with Crippen LogP contribution in [0.15, 0.2) is 24.4 Å². The van der Waals surface area contributed by atoms with Crippen molar-refractivity contribution in [2.75, 3.05) is 19.7 Å². The van der Waals surface area contributed by atoms with Crippen LogP contribution in [0, 0.1) is 5.92 Å². The quantitative estimate of drug-likeness (QED) is 0.869. The molecule has 2 fully saturated rings. The van der Waals surface area contributed by atoms with Crippen LogP contribution in [-0.4, -0.2) is 47.6 Å². The van der Waals surface area contributed by atoms with Crippen molar-refractivity contribution in [1.82, 2.24) is 15.2 Å². The van der Waals surface area contributed by atoms with Crippen LogP contribution in [0.25, 0.3) is 0 Å². The van der Waals surface area contributed by atoms with Crippen LogP contribution < -0.4 is 5.32 Å². The van der Waals surface area contributed by atoms with E-state index in [2.05, 4.69) is 28.2 Å². The van der Waals surface area contributed by atoms with Crippen LogP contribution >= 0.6 is 0 Å². The van der Waals surface area contributed by atoms with Gasteiger partial charge in [-0.1, -0.05) is 25.8 Å². The van der Waals surface area contributed by atoms with Gasteiger partial charge in [-0.05, 0) is 37.3 Å². The fourth-order valence-corrected chi connectivity index (χ4v) is 3.81. The highest BCUT2D eigenvalue weighted by atomic mass is 16.5. The lowest BCUT2D eigenvalue weighted by atomic mass is 9.93. The number of ether oxygens (including phenoxy) is 1. The van der Waals surface area contributed by atoms with Crippen molar-refractivity contribution in [3.8, 4) is 0 Å². The van der Waals surface area contributed by atoms with Crippen LogP contribution in [0.1, 0.15) is 44.7 Å². The third kappa shape index (κ3) is 5.02. The van der Waals surface area contributed by atoms with E-state index in [0.717, 1.165) is 44.6 Å². The third-order valence-corrected chi connectivity index (χ3v) is 5.20. The Bertz CT molecular complexity index is 517. The molecule has 2 heterocycles. The maximum Gasteiger partial charge on any atom is 0.246 e. The average molecular weight is 331 g/mol. The minimum Gasteiger partial charge on any atom is -0.368 e. The van der Waals surface area contributed by atoms with Gasteiger partial charge in [0.25, 0.3) is 0 Å². The first-order valence-electron chi connectivity index (χ1n) is 9.24. The molecule has 0 spiro atoms. The largest absolute Gasteiger partial charge is 0.368 e. The summed E-state index contributed by atoms with van der Waals surface area (Å²) < 4.78 is 5.71. The van der Waals surface area contributed by atoms with Gasteiger partial charge >= 0.3 is 0 Å². The predicted molar refractivity (Wildman–Crippen MR) is 93.4 cm³/mol. The number of pyridine rings is 1. The second kappa shape index (κ2) is 8.58. The Morgan fingerprint density at radius 2 is 2.17 bits per heavy atom. The van der Waals surface area contributed by atoms with E-state index in [-0.39, 0.29) is 18.6 Å². The van der Waals surface area contributed by atoms with Gasteiger partial charge < -0.3 is 10.1 Å². The molecule has 1 aliphatic carbocycles. The number of hydrogen-bond donors (Lipinski definition) is 1. The Hall–Kier alpha value is -1.46. The summed E-state index contributed by atoms with van der Waals surface area (Å²) in [5.74, 6) is 0.481. The Balaban J connectivity index is 1.39. The molecular weight excluding hydrogens is 302 g/mol. The molecule has 1 N–H and O–H groups in total. The second-order valence-electron chi connectivity index (χ2n) is 7.21. The summed E-state index contributed by atoms with van der Waals surface area (Å²) in [5, 5.41) is 3.17. The molecule has 1 saturated heterocycles. The number of carbonyl (C=O) groups excluding carboxylic acids is 1. The van der Waals surface area contributed by atoms with E-state index in [9.17, 15) is 4.79 Å². The molecule has 0 bridgehead atoms. The van der Waals surface area contributed by atoms with Crippen molar-refractivity contribution in [3.05, 3.63) is 30.1 Å². The van der Waals surface area contributed by atoms with Gasteiger partial charge in [-0.15, -0.1) is 0 Å². The molecule has 1 aliphatic heterocycles. The van der Waals surface area contributed by atoms with Crippen molar-refractivity contribution < 1.29 is 9.53 Å². The molecule has 132 valence electrons. The highest BCUT2D eigenvalue weighted by Crippen LogP contribution is 2.21. The number of aromatic nitrogens is 1. The number of nitrogens with zero attached hydrogens (tertiary/aromatic N) is 2. The zero-order valence-electron chi connectivity index (χ0n) is 14.6. The van der Waals surface area contributed by atoms with Crippen molar-refractivity contribution >= 4 is 5.91 Å². The minimum atomic E-state index is 0.0388. The maximum atomic E-state index is 12.1.